The van der Waals surface area contributed by atoms with Gasteiger partial charge in [0.25, 0.3) is 5.91 Å². The van der Waals surface area contributed by atoms with Gasteiger partial charge >= 0.3 is 24.7 Å². The molecule has 0 aliphatic carbocycles. The Hall–Kier alpha value is -3.04. The van der Waals surface area contributed by atoms with E-state index >= 15 is 0 Å². The monoisotopic (exact) mass is 554 g/mol. The van der Waals surface area contributed by atoms with Gasteiger partial charge in [-0.3, -0.25) is 14.9 Å². The normalized spacial score (nSPS) is 12.2. The summed E-state index contributed by atoms with van der Waals surface area (Å²) < 4.78 is 121. The lowest BCUT2D eigenvalue weighted by Crippen LogP contribution is -2.34. The number of nitrogens with one attached hydrogen (secondary N) is 1. The first kappa shape index (κ1) is 26.2. The van der Waals surface area contributed by atoms with Crippen LogP contribution in [0.15, 0.2) is 34.8 Å². The van der Waals surface area contributed by atoms with Gasteiger partial charge < -0.3 is 10.1 Å². The van der Waals surface area contributed by atoms with E-state index in [1.54, 1.807) is 5.32 Å². The Morgan fingerprint density at radius 1 is 1.09 bits per heavy atom. The summed E-state index contributed by atoms with van der Waals surface area (Å²) in [6.45, 7) is -3.74. The number of hydrogen-bond donors (Lipinski definition) is 1. The standard InChI is InChI=1S/C17H8BrF9N2O4/c18-8-4-6(13(16(22,23)24)17(25,26)27)5-10(33-15(20)21)12(8)28-14(30)7-2-1-3-9(11(7)19)29(31)32/h1-5,13,15H,(H,28,30). The zero-order valence-electron chi connectivity index (χ0n) is 15.4. The summed E-state index contributed by atoms with van der Waals surface area (Å²) in [7, 11) is 0. The molecule has 0 aliphatic heterocycles. The number of hydrogen-bond acceptors (Lipinski definition) is 4. The molecule has 0 fully saturated rings. The van der Waals surface area contributed by atoms with E-state index in [-0.39, 0.29) is 12.1 Å². The molecule has 16 heteroatoms. The van der Waals surface area contributed by atoms with Crippen LogP contribution in [-0.4, -0.2) is 29.8 Å². The van der Waals surface area contributed by atoms with E-state index in [0.717, 1.165) is 12.1 Å². The van der Waals surface area contributed by atoms with Crippen LogP contribution < -0.4 is 10.1 Å². The van der Waals surface area contributed by atoms with Gasteiger partial charge in [-0.05, 0) is 39.7 Å². The maximum absolute atomic E-state index is 14.2. The summed E-state index contributed by atoms with van der Waals surface area (Å²) in [5.74, 6) is -8.52. The first-order valence-electron chi connectivity index (χ1n) is 8.20. The second-order valence-electron chi connectivity index (χ2n) is 6.12. The number of nitro groups is 1. The Morgan fingerprint density at radius 3 is 2.15 bits per heavy atom. The lowest BCUT2D eigenvalue weighted by atomic mass is 9.97. The Bertz CT molecular complexity index is 1060. The van der Waals surface area contributed by atoms with Crippen molar-refractivity contribution in [2.24, 2.45) is 0 Å². The molecule has 180 valence electrons. The van der Waals surface area contributed by atoms with Gasteiger partial charge in [-0.25, -0.2) is 0 Å². The van der Waals surface area contributed by atoms with E-state index < -0.39 is 74.3 Å². The fourth-order valence-electron chi connectivity index (χ4n) is 2.66. The first-order valence-corrected chi connectivity index (χ1v) is 8.99. The fraction of sp³-hybridized carbons (Fsp3) is 0.235. The number of ether oxygens (including phenoxy) is 1. The Morgan fingerprint density at radius 2 is 1.67 bits per heavy atom. The Balaban J connectivity index is 2.59. The lowest BCUT2D eigenvalue weighted by Gasteiger charge is -2.25. The molecule has 2 aromatic carbocycles. The van der Waals surface area contributed by atoms with Gasteiger partial charge in [0.05, 0.1) is 16.2 Å². The molecular formula is C17H8BrF9N2O4. The lowest BCUT2D eigenvalue weighted by molar-refractivity contribution is -0.387. The van der Waals surface area contributed by atoms with Gasteiger partial charge in [-0.15, -0.1) is 0 Å². The maximum atomic E-state index is 14.2. The second kappa shape index (κ2) is 9.44. The highest BCUT2D eigenvalue weighted by Gasteiger charge is 2.57. The number of benzene rings is 2. The van der Waals surface area contributed by atoms with Crippen LogP contribution in [0.25, 0.3) is 0 Å². The van der Waals surface area contributed by atoms with Gasteiger partial charge in [-0.1, -0.05) is 6.07 Å². The molecular weight excluding hydrogens is 547 g/mol. The van der Waals surface area contributed by atoms with Crippen LogP contribution >= 0.6 is 15.9 Å². The number of anilines is 1. The number of nitrogens with zero attached hydrogens (tertiary/aromatic N) is 1. The van der Waals surface area contributed by atoms with E-state index in [2.05, 4.69) is 20.7 Å². The third-order valence-electron chi connectivity index (χ3n) is 3.94. The molecule has 0 saturated carbocycles. The molecule has 0 atom stereocenters. The van der Waals surface area contributed by atoms with Crippen molar-refractivity contribution in [2.45, 2.75) is 24.9 Å². The molecule has 0 spiro atoms. The van der Waals surface area contributed by atoms with Crippen LogP contribution in [0.5, 0.6) is 5.75 Å². The zero-order chi connectivity index (χ0) is 25.3. The molecule has 1 N–H and O–H groups in total. The molecule has 0 aromatic heterocycles. The smallest absolute Gasteiger partial charge is 0.404 e. The third-order valence-corrected chi connectivity index (χ3v) is 4.56. The molecule has 0 heterocycles. The molecule has 33 heavy (non-hydrogen) atoms. The van der Waals surface area contributed by atoms with Gasteiger partial charge in [0.15, 0.2) is 11.7 Å². The van der Waals surface area contributed by atoms with Crippen molar-refractivity contribution >= 4 is 33.2 Å². The summed E-state index contributed by atoms with van der Waals surface area (Å²) in [4.78, 5) is 22.0. The van der Waals surface area contributed by atoms with E-state index in [4.69, 9.17) is 0 Å². The highest BCUT2D eigenvalue weighted by Crippen LogP contribution is 2.49. The van der Waals surface area contributed by atoms with E-state index in [1.807, 2.05) is 0 Å². The Kier molecular flexibility index (Phi) is 7.50. The molecule has 0 saturated heterocycles. The molecule has 0 aliphatic rings. The minimum atomic E-state index is -5.86. The number of nitro benzene ring substituents is 1. The minimum absolute atomic E-state index is 0.0119. The van der Waals surface area contributed by atoms with Crippen LogP contribution in [-0.2, 0) is 0 Å². The average Bonchev–Trinajstić information content (AvgIpc) is 2.61. The van der Waals surface area contributed by atoms with E-state index in [9.17, 15) is 54.4 Å². The highest BCUT2D eigenvalue weighted by atomic mass is 79.9. The van der Waals surface area contributed by atoms with Gasteiger partial charge in [0.1, 0.15) is 0 Å². The van der Waals surface area contributed by atoms with Crippen LogP contribution in [0.4, 0.5) is 50.9 Å². The summed E-state index contributed by atoms with van der Waals surface area (Å²) in [6, 6.07) is 2.61. The van der Waals surface area contributed by atoms with Crippen molar-refractivity contribution in [3.8, 4) is 5.75 Å². The molecule has 1 amide bonds. The number of alkyl halides is 8. The summed E-state index contributed by atoms with van der Waals surface area (Å²) in [5, 5.41) is 12.6. The Labute approximate surface area is 185 Å². The van der Waals surface area contributed by atoms with Crippen molar-refractivity contribution in [1.82, 2.24) is 0 Å². The van der Waals surface area contributed by atoms with Gasteiger partial charge in [-0.2, -0.15) is 39.5 Å². The topological polar surface area (TPSA) is 81.5 Å². The fourth-order valence-corrected chi connectivity index (χ4v) is 3.22. The minimum Gasteiger partial charge on any atom is -0.433 e. The van der Waals surface area contributed by atoms with Crippen LogP contribution in [0.1, 0.15) is 21.8 Å². The zero-order valence-corrected chi connectivity index (χ0v) is 17.0. The van der Waals surface area contributed by atoms with Crippen molar-refractivity contribution in [3.63, 3.8) is 0 Å². The van der Waals surface area contributed by atoms with Crippen LogP contribution in [0, 0.1) is 15.9 Å². The summed E-state index contributed by atoms with van der Waals surface area (Å²) in [5.41, 5.74) is -4.51. The summed E-state index contributed by atoms with van der Waals surface area (Å²) in [6.07, 6.45) is -11.7. The highest BCUT2D eigenvalue weighted by molar-refractivity contribution is 9.10. The largest absolute Gasteiger partial charge is 0.433 e. The van der Waals surface area contributed by atoms with Crippen molar-refractivity contribution in [2.75, 3.05) is 5.32 Å². The van der Waals surface area contributed by atoms with Crippen molar-refractivity contribution < 1.29 is 54.0 Å². The molecule has 6 nitrogen and oxygen atoms in total. The predicted molar refractivity (Wildman–Crippen MR) is 96.6 cm³/mol. The van der Waals surface area contributed by atoms with E-state index in [0.29, 0.717) is 6.07 Å². The molecule has 2 rings (SSSR count). The predicted octanol–water partition coefficient (Wildman–Crippen LogP) is 6.56. The number of rotatable bonds is 6. The quantitative estimate of drug-likeness (QED) is 0.249. The van der Waals surface area contributed by atoms with Gasteiger partial charge in [0, 0.05) is 10.5 Å². The third kappa shape index (κ3) is 6.06. The molecule has 0 unspecified atom stereocenters. The van der Waals surface area contributed by atoms with E-state index in [1.165, 1.54) is 0 Å². The second-order valence-corrected chi connectivity index (χ2v) is 6.97. The molecule has 0 bridgehead atoms. The molecule has 0 radical (unpaired) electrons. The van der Waals surface area contributed by atoms with Crippen molar-refractivity contribution in [3.05, 3.63) is 61.9 Å². The number of halogens is 10. The first-order chi connectivity index (χ1) is 15.0. The van der Waals surface area contributed by atoms with Crippen LogP contribution in [0.3, 0.4) is 0 Å². The summed E-state index contributed by atoms with van der Waals surface area (Å²) >= 11 is 2.57. The maximum Gasteiger partial charge on any atom is 0.404 e. The average molecular weight is 555 g/mol. The molecule has 2 aromatic rings. The number of carbonyl (C=O) groups excluding carboxylic acids is 1. The van der Waals surface area contributed by atoms with Gasteiger partial charge in [0.2, 0.25) is 5.82 Å². The van der Waals surface area contributed by atoms with Crippen LogP contribution in [0.2, 0.25) is 0 Å². The number of amides is 1. The SMILES string of the molecule is O=C(Nc1c(Br)cc(C(C(F)(F)F)C(F)(F)F)cc1OC(F)F)c1cccc([N+](=O)[O-])c1F. The van der Waals surface area contributed by atoms with Crippen molar-refractivity contribution in [1.29, 1.82) is 0 Å². The number of carbonyl (C=O) groups is 1.